The first kappa shape index (κ1) is 17.1. The second-order valence-electron chi connectivity index (χ2n) is 7.33. The van der Waals surface area contributed by atoms with Crippen LogP contribution in [-0.4, -0.2) is 36.3 Å². The van der Waals surface area contributed by atoms with Crippen LogP contribution in [0, 0.1) is 5.92 Å². The van der Waals surface area contributed by atoms with Crippen molar-refractivity contribution in [1.82, 2.24) is 4.90 Å². The highest BCUT2D eigenvalue weighted by atomic mass is 16.5. The highest BCUT2D eigenvalue weighted by Gasteiger charge is 2.51. The second-order valence-corrected chi connectivity index (χ2v) is 7.33. The van der Waals surface area contributed by atoms with Gasteiger partial charge in [0.25, 0.3) is 5.91 Å². The molecule has 0 N–H and O–H groups in total. The van der Waals surface area contributed by atoms with Crippen LogP contribution in [0.25, 0.3) is 0 Å². The van der Waals surface area contributed by atoms with Crippen molar-refractivity contribution >= 4 is 11.7 Å². The normalized spacial score (nSPS) is 27.9. The molecule has 5 heteroatoms. The monoisotopic (exact) mass is 355 g/mol. The van der Waals surface area contributed by atoms with E-state index in [9.17, 15) is 9.59 Å². The van der Waals surface area contributed by atoms with Gasteiger partial charge in [-0.05, 0) is 43.4 Å². The predicted octanol–water partition coefficient (Wildman–Crippen LogP) is 3.40. The SMILES string of the molecule is CCCN1C(=O)C2=C(C(=O)C3CCCCC3O2)C1c1cccc(OC)c1. The number of ether oxygens (including phenoxy) is 2. The zero-order valence-electron chi connectivity index (χ0n) is 15.4. The Kier molecular flexibility index (Phi) is 4.47. The van der Waals surface area contributed by atoms with Crippen molar-refractivity contribution in [2.75, 3.05) is 13.7 Å². The maximum absolute atomic E-state index is 13.3. The molecule has 0 bridgehead atoms. The van der Waals surface area contributed by atoms with Crippen LogP contribution in [0.1, 0.15) is 50.6 Å². The Balaban J connectivity index is 1.80. The molecular weight excluding hydrogens is 330 g/mol. The average Bonchev–Trinajstić information content (AvgIpc) is 2.95. The average molecular weight is 355 g/mol. The van der Waals surface area contributed by atoms with Gasteiger partial charge in [-0.15, -0.1) is 0 Å². The van der Waals surface area contributed by atoms with Gasteiger partial charge in [-0.2, -0.15) is 0 Å². The summed E-state index contributed by atoms with van der Waals surface area (Å²) in [6.07, 6.45) is 4.52. The maximum atomic E-state index is 13.3. The molecule has 26 heavy (non-hydrogen) atoms. The summed E-state index contributed by atoms with van der Waals surface area (Å²) in [5, 5.41) is 0. The van der Waals surface area contributed by atoms with Gasteiger partial charge < -0.3 is 14.4 Å². The summed E-state index contributed by atoms with van der Waals surface area (Å²) >= 11 is 0. The minimum atomic E-state index is -0.372. The van der Waals surface area contributed by atoms with Gasteiger partial charge in [-0.25, -0.2) is 0 Å². The summed E-state index contributed by atoms with van der Waals surface area (Å²) in [5.41, 5.74) is 1.46. The quantitative estimate of drug-likeness (QED) is 0.831. The smallest absolute Gasteiger partial charge is 0.290 e. The molecule has 0 spiro atoms. The number of rotatable bonds is 4. The first-order valence-corrected chi connectivity index (χ1v) is 9.55. The second kappa shape index (κ2) is 6.78. The van der Waals surface area contributed by atoms with Gasteiger partial charge in [0, 0.05) is 6.54 Å². The third kappa shape index (κ3) is 2.61. The van der Waals surface area contributed by atoms with Gasteiger partial charge in [0.15, 0.2) is 11.5 Å². The molecule has 1 aliphatic carbocycles. The Morgan fingerprint density at radius 2 is 2.04 bits per heavy atom. The topological polar surface area (TPSA) is 55.8 Å². The Bertz CT molecular complexity index is 769. The van der Waals surface area contributed by atoms with E-state index in [-0.39, 0.29) is 29.8 Å². The van der Waals surface area contributed by atoms with Crippen LogP contribution in [0.4, 0.5) is 0 Å². The van der Waals surface area contributed by atoms with Crippen molar-refractivity contribution in [3.05, 3.63) is 41.2 Å². The molecule has 0 saturated heterocycles. The summed E-state index contributed by atoms with van der Waals surface area (Å²) in [6, 6.07) is 7.27. The fourth-order valence-corrected chi connectivity index (χ4v) is 4.52. The third-order valence-electron chi connectivity index (χ3n) is 5.73. The molecule has 1 fully saturated rings. The summed E-state index contributed by atoms with van der Waals surface area (Å²) in [5.74, 6) is 0.868. The number of carbonyl (C=O) groups excluding carboxylic acids is 2. The Morgan fingerprint density at radius 3 is 2.81 bits per heavy atom. The Morgan fingerprint density at radius 1 is 1.23 bits per heavy atom. The van der Waals surface area contributed by atoms with Crippen molar-refractivity contribution in [1.29, 1.82) is 0 Å². The van der Waals surface area contributed by atoms with Crippen LogP contribution in [0.15, 0.2) is 35.6 Å². The highest BCUT2D eigenvalue weighted by molar-refractivity contribution is 6.11. The molecule has 1 amide bonds. The first-order chi connectivity index (χ1) is 12.7. The third-order valence-corrected chi connectivity index (χ3v) is 5.73. The number of benzene rings is 1. The minimum absolute atomic E-state index is 0.106. The van der Waals surface area contributed by atoms with Crippen LogP contribution >= 0.6 is 0 Å². The van der Waals surface area contributed by atoms with Crippen molar-refractivity contribution in [2.24, 2.45) is 5.92 Å². The van der Waals surface area contributed by atoms with Crippen LogP contribution in [0.2, 0.25) is 0 Å². The van der Waals surface area contributed by atoms with Crippen LogP contribution in [0.3, 0.4) is 0 Å². The van der Waals surface area contributed by atoms with Gasteiger partial charge in [0.1, 0.15) is 11.9 Å². The van der Waals surface area contributed by atoms with E-state index in [4.69, 9.17) is 9.47 Å². The van der Waals surface area contributed by atoms with Crippen molar-refractivity contribution in [2.45, 2.75) is 51.2 Å². The van der Waals surface area contributed by atoms with Crippen LogP contribution < -0.4 is 4.74 Å². The Labute approximate surface area is 154 Å². The van der Waals surface area contributed by atoms with Gasteiger partial charge in [-0.1, -0.05) is 25.5 Å². The fraction of sp³-hybridized carbons (Fsp3) is 0.524. The van der Waals surface area contributed by atoms with Gasteiger partial charge in [0.05, 0.1) is 24.6 Å². The van der Waals surface area contributed by atoms with E-state index in [1.807, 2.05) is 31.2 Å². The van der Waals surface area contributed by atoms with E-state index in [2.05, 4.69) is 0 Å². The number of fused-ring (bicyclic) bond motifs is 1. The van der Waals surface area contributed by atoms with Crippen molar-refractivity contribution in [3.63, 3.8) is 0 Å². The van der Waals surface area contributed by atoms with E-state index < -0.39 is 0 Å². The van der Waals surface area contributed by atoms with Gasteiger partial charge in [0.2, 0.25) is 0 Å². The maximum Gasteiger partial charge on any atom is 0.290 e. The molecule has 0 radical (unpaired) electrons. The number of methoxy groups -OCH3 is 1. The lowest BCUT2D eigenvalue weighted by Crippen LogP contribution is -2.39. The van der Waals surface area contributed by atoms with Crippen LogP contribution in [0.5, 0.6) is 5.75 Å². The lowest BCUT2D eigenvalue weighted by Gasteiger charge is -2.35. The molecule has 0 aromatic heterocycles. The first-order valence-electron chi connectivity index (χ1n) is 9.55. The number of Topliss-reactive ketones (excluding diaryl/α,β-unsaturated/α-hetero) is 1. The summed E-state index contributed by atoms with van der Waals surface area (Å²) in [4.78, 5) is 28.2. The zero-order valence-corrected chi connectivity index (χ0v) is 15.4. The molecule has 138 valence electrons. The van der Waals surface area contributed by atoms with Crippen molar-refractivity contribution < 1.29 is 19.1 Å². The molecule has 1 saturated carbocycles. The van der Waals surface area contributed by atoms with E-state index in [1.54, 1.807) is 12.0 Å². The lowest BCUT2D eigenvalue weighted by molar-refractivity contribution is -0.135. The van der Waals surface area contributed by atoms with E-state index in [1.165, 1.54) is 0 Å². The minimum Gasteiger partial charge on any atom is -0.497 e. The molecule has 2 heterocycles. The van der Waals surface area contributed by atoms with E-state index >= 15 is 0 Å². The lowest BCUT2D eigenvalue weighted by atomic mass is 9.77. The summed E-state index contributed by atoms with van der Waals surface area (Å²) in [6.45, 7) is 2.63. The van der Waals surface area contributed by atoms with Crippen molar-refractivity contribution in [3.8, 4) is 5.75 Å². The van der Waals surface area contributed by atoms with Gasteiger partial charge in [-0.3, -0.25) is 9.59 Å². The number of nitrogens with zero attached hydrogens (tertiary/aromatic N) is 1. The Hall–Kier alpha value is -2.30. The summed E-state index contributed by atoms with van der Waals surface area (Å²) in [7, 11) is 1.62. The summed E-state index contributed by atoms with van der Waals surface area (Å²) < 4.78 is 11.5. The number of hydrogen-bond acceptors (Lipinski definition) is 4. The predicted molar refractivity (Wildman–Crippen MR) is 96.6 cm³/mol. The largest absolute Gasteiger partial charge is 0.497 e. The van der Waals surface area contributed by atoms with E-state index in [0.29, 0.717) is 17.9 Å². The molecule has 1 aromatic carbocycles. The molecule has 3 aliphatic rings. The number of carbonyl (C=O) groups is 2. The number of ketones is 1. The molecule has 2 aliphatic heterocycles. The fourth-order valence-electron chi connectivity index (χ4n) is 4.52. The number of hydrogen-bond donors (Lipinski definition) is 0. The standard InChI is InChI=1S/C21H25NO4/c1-3-11-22-18(13-7-6-8-14(12-13)25-2)17-19(23)15-9-4-5-10-16(15)26-20(17)21(22)24/h6-8,12,15-16,18H,3-5,9-11H2,1-2H3. The molecule has 3 atom stereocenters. The molecular formula is C21H25NO4. The van der Waals surface area contributed by atoms with Crippen LogP contribution in [-0.2, 0) is 14.3 Å². The molecule has 3 unspecified atom stereocenters. The molecule has 5 nitrogen and oxygen atoms in total. The highest BCUT2D eigenvalue weighted by Crippen LogP contribution is 2.47. The van der Waals surface area contributed by atoms with E-state index in [0.717, 1.165) is 43.4 Å². The molecule has 1 aromatic rings. The zero-order chi connectivity index (χ0) is 18.3. The molecule has 4 rings (SSSR count). The van der Waals surface area contributed by atoms with Gasteiger partial charge >= 0.3 is 0 Å². The number of amides is 1.